The van der Waals surface area contributed by atoms with Gasteiger partial charge in [-0.15, -0.1) is 0 Å². The monoisotopic (exact) mass is 409 g/mol. The lowest BCUT2D eigenvalue weighted by molar-refractivity contribution is -0.137. The van der Waals surface area contributed by atoms with Crippen molar-refractivity contribution in [3.8, 4) is 11.8 Å². The zero-order valence-electron chi connectivity index (χ0n) is 17.1. The molecule has 0 unspecified atom stereocenters. The predicted molar refractivity (Wildman–Crippen MR) is 105 cm³/mol. The summed E-state index contributed by atoms with van der Waals surface area (Å²) in [6, 6.07) is 6.85. The van der Waals surface area contributed by atoms with Gasteiger partial charge in [-0.3, -0.25) is 0 Å². The first kappa shape index (κ1) is 21.2. The first-order valence-electron chi connectivity index (χ1n) is 9.67. The second kappa shape index (κ2) is 8.08. The fraction of sp³-hybridized carbons (Fsp3) is 0.524. The van der Waals surface area contributed by atoms with E-state index >= 15 is 0 Å². The van der Waals surface area contributed by atoms with Crippen LogP contribution in [0.3, 0.4) is 0 Å². The Balaban J connectivity index is 1.95. The number of anilines is 2. The van der Waals surface area contributed by atoms with E-state index in [1.165, 1.54) is 11.9 Å². The van der Waals surface area contributed by atoms with E-state index in [0.29, 0.717) is 11.4 Å². The maximum atomic E-state index is 13.6. The number of hydrogen-bond acceptors (Lipinski definition) is 5. The molecule has 1 heterocycles. The van der Waals surface area contributed by atoms with Crippen LogP contribution in [-0.2, 0) is 6.18 Å². The fourth-order valence-corrected chi connectivity index (χ4v) is 3.26. The molecule has 0 radical (unpaired) electrons. The molecule has 0 spiro atoms. The fourth-order valence-electron chi connectivity index (χ4n) is 3.26. The second-order valence-electron chi connectivity index (χ2n) is 8.18. The number of benzene rings is 1. The van der Waals surface area contributed by atoms with Crippen LogP contribution >= 0.6 is 0 Å². The Bertz CT molecular complexity index is 844. The lowest BCUT2D eigenvalue weighted by Crippen LogP contribution is -2.23. The molecule has 0 atom stereocenters. The van der Waals surface area contributed by atoms with Gasteiger partial charge in [0, 0.05) is 25.0 Å². The number of nitrogens with zero attached hydrogens (tertiary/aromatic N) is 3. The summed E-state index contributed by atoms with van der Waals surface area (Å²) in [6.07, 6.45) is -0.0395. The summed E-state index contributed by atoms with van der Waals surface area (Å²) in [5, 5.41) is 0. The maximum Gasteiger partial charge on any atom is 0.421 e. The predicted octanol–water partition coefficient (Wildman–Crippen LogP) is 5.76. The Morgan fingerprint density at radius 3 is 2.41 bits per heavy atom. The van der Waals surface area contributed by atoms with Crippen LogP contribution in [-0.4, -0.2) is 28.7 Å². The van der Waals surface area contributed by atoms with E-state index in [0.717, 1.165) is 31.9 Å². The summed E-state index contributed by atoms with van der Waals surface area (Å²) in [4.78, 5) is 9.30. The third kappa shape index (κ3) is 5.52. The smallest absolute Gasteiger partial charge is 0.421 e. The molecule has 1 saturated carbocycles. The van der Waals surface area contributed by atoms with E-state index in [9.17, 15) is 13.2 Å². The van der Waals surface area contributed by atoms with Gasteiger partial charge in [0.25, 0.3) is 0 Å². The number of alkyl halides is 3. The van der Waals surface area contributed by atoms with Crippen LogP contribution in [0.2, 0.25) is 0 Å². The molecule has 0 N–H and O–H groups in total. The Hall–Kier alpha value is -2.51. The molecule has 1 fully saturated rings. The van der Waals surface area contributed by atoms with Crippen molar-refractivity contribution in [1.82, 2.24) is 9.97 Å². The van der Waals surface area contributed by atoms with Crippen molar-refractivity contribution < 1.29 is 22.6 Å². The van der Waals surface area contributed by atoms with Crippen LogP contribution in [0.5, 0.6) is 11.8 Å². The van der Waals surface area contributed by atoms with Crippen LogP contribution < -0.4 is 14.4 Å². The minimum absolute atomic E-state index is 0.0335. The van der Waals surface area contributed by atoms with Gasteiger partial charge >= 0.3 is 12.2 Å². The zero-order valence-corrected chi connectivity index (χ0v) is 17.1. The minimum Gasteiger partial charge on any atom is -0.488 e. The molecule has 2 aromatic rings. The number of halogens is 3. The molecule has 0 amide bonds. The van der Waals surface area contributed by atoms with Gasteiger partial charge in [0.1, 0.15) is 23.0 Å². The summed E-state index contributed by atoms with van der Waals surface area (Å²) in [5.41, 5.74) is -0.824. The van der Waals surface area contributed by atoms with Crippen LogP contribution in [0.15, 0.2) is 30.5 Å². The molecule has 1 aliphatic rings. The van der Waals surface area contributed by atoms with E-state index in [4.69, 9.17) is 9.47 Å². The average Bonchev–Trinajstić information content (AvgIpc) is 3.12. The van der Waals surface area contributed by atoms with E-state index in [1.807, 2.05) is 20.8 Å². The van der Waals surface area contributed by atoms with Crippen molar-refractivity contribution >= 4 is 11.5 Å². The molecule has 8 heteroatoms. The van der Waals surface area contributed by atoms with Crippen molar-refractivity contribution in [3.05, 3.63) is 36.0 Å². The summed E-state index contributed by atoms with van der Waals surface area (Å²) in [5.74, 6) is 0.306. The molecule has 1 aromatic heterocycles. The highest BCUT2D eigenvalue weighted by Crippen LogP contribution is 2.38. The van der Waals surface area contributed by atoms with E-state index < -0.39 is 17.3 Å². The summed E-state index contributed by atoms with van der Waals surface area (Å²) in [6.45, 7) is 5.71. The molecule has 0 bridgehead atoms. The molecule has 3 rings (SSSR count). The normalized spacial score (nSPS) is 15.4. The van der Waals surface area contributed by atoms with Crippen molar-refractivity contribution in [2.75, 3.05) is 11.9 Å². The van der Waals surface area contributed by atoms with Crippen molar-refractivity contribution in [2.24, 2.45) is 0 Å². The maximum absolute atomic E-state index is 13.6. The average molecular weight is 409 g/mol. The number of aromatic nitrogens is 2. The van der Waals surface area contributed by atoms with Crippen LogP contribution in [0.1, 0.15) is 52.0 Å². The van der Waals surface area contributed by atoms with Gasteiger partial charge < -0.3 is 14.4 Å². The second-order valence-corrected chi connectivity index (χ2v) is 8.18. The first-order chi connectivity index (χ1) is 13.5. The van der Waals surface area contributed by atoms with Crippen molar-refractivity contribution in [3.63, 3.8) is 0 Å². The Morgan fingerprint density at radius 2 is 1.79 bits per heavy atom. The van der Waals surface area contributed by atoms with Crippen LogP contribution in [0.25, 0.3) is 0 Å². The highest BCUT2D eigenvalue weighted by Gasteiger charge is 2.37. The Kier molecular flexibility index (Phi) is 5.91. The minimum atomic E-state index is -4.59. The first-order valence-corrected chi connectivity index (χ1v) is 9.67. The molecule has 1 aromatic carbocycles. The van der Waals surface area contributed by atoms with Gasteiger partial charge in [-0.1, -0.05) is 6.07 Å². The Labute approximate surface area is 168 Å². The molecule has 0 saturated heterocycles. The van der Waals surface area contributed by atoms with Gasteiger partial charge in [-0.25, -0.2) is 4.98 Å². The van der Waals surface area contributed by atoms with Gasteiger partial charge in [-0.05, 0) is 58.6 Å². The zero-order chi connectivity index (χ0) is 21.2. The quantitative estimate of drug-likeness (QED) is 0.628. The van der Waals surface area contributed by atoms with E-state index in [-0.39, 0.29) is 17.9 Å². The largest absolute Gasteiger partial charge is 0.488 e. The molecule has 5 nitrogen and oxygen atoms in total. The van der Waals surface area contributed by atoms with Crippen LogP contribution in [0, 0.1) is 0 Å². The van der Waals surface area contributed by atoms with E-state index in [1.54, 1.807) is 24.3 Å². The van der Waals surface area contributed by atoms with E-state index in [2.05, 4.69) is 9.97 Å². The van der Waals surface area contributed by atoms with Gasteiger partial charge in [0.2, 0.25) is 0 Å². The Morgan fingerprint density at radius 1 is 1.10 bits per heavy atom. The third-order valence-corrected chi connectivity index (χ3v) is 4.57. The third-order valence-electron chi connectivity index (χ3n) is 4.57. The lowest BCUT2D eigenvalue weighted by Gasteiger charge is -2.25. The summed E-state index contributed by atoms with van der Waals surface area (Å²) >= 11 is 0. The molecular weight excluding hydrogens is 383 g/mol. The molecule has 29 heavy (non-hydrogen) atoms. The highest BCUT2D eigenvalue weighted by molar-refractivity contribution is 5.64. The summed E-state index contributed by atoms with van der Waals surface area (Å²) < 4.78 is 52.3. The molecular formula is C21H26F3N3O2. The van der Waals surface area contributed by atoms with Crippen molar-refractivity contribution in [1.29, 1.82) is 0 Å². The molecule has 1 aliphatic carbocycles. The standard InChI is InChI=1S/C21H26F3N3O2/c1-20(2,3)29-16-11-7-8-14(12-16)27(4)18-17(21(22,23)24)13-25-19(26-18)28-15-9-5-6-10-15/h7-8,11-13,15H,5-6,9-10H2,1-4H3. The number of rotatable bonds is 5. The number of hydrogen-bond donors (Lipinski definition) is 0. The number of ether oxygens (including phenoxy) is 2. The SMILES string of the molecule is CN(c1cccc(OC(C)(C)C)c1)c1nc(OC2CCCC2)ncc1C(F)(F)F. The van der Waals surface area contributed by atoms with Gasteiger partial charge in [0.15, 0.2) is 5.82 Å². The van der Waals surface area contributed by atoms with Crippen molar-refractivity contribution in [2.45, 2.75) is 64.3 Å². The highest BCUT2D eigenvalue weighted by atomic mass is 19.4. The van der Waals surface area contributed by atoms with Gasteiger partial charge in [0.05, 0.1) is 0 Å². The van der Waals surface area contributed by atoms with Gasteiger partial charge in [-0.2, -0.15) is 18.2 Å². The summed E-state index contributed by atoms with van der Waals surface area (Å²) in [7, 11) is 1.53. The lowest BCUT2D eigenvalue weighted by atomic mass is 10.2. The molecule has 158 valence electrons. The topological polar surface area (TPSA) is 47.5 Å². The molecule has 0 aliphatic heterocycles. The van der Waals surface area contributed by atoms with Crippen LogP contribution in [0.4, 0.5) is 24.7 Å².